The van der Waals surface area contributed by atoms with Gasteiger partial charge in [0, 0.05) is 45.9 Å². The molecule has 6 rings (SSSR count). The molecule has 50 heavy (non-hydrogen) atoms. The molecule has 2 amide bonds. The number of aliphatic carboxylic acids is 2. The van der Waals surface area contributed by atoms with E-state index in [0.29, 0.717) is 39.7 Å². The number of nitrogens with one attached hydrogen (secondary N) is 1. The molecule has 3 atom stereocenters. The second kappa shape index (κ2) is 14.8. The van der Waals surface area contributed by atoms with E-state index in [-0.39, 0.29) is 31.7 Å². The molecule has 1 aliphatic heterocycles. The van der Waals surface area contributed by atoms with Crippen molar-refractivity contribution in [1.29, 1.82) is 0 Å². The molecule has 3 N–H and O–H groups in total. The molecule has 2 aliphatic rings. The molecule has 1 aliphatic carbocycles. The maximum atomic E-state index is 13.3. The highest BCUT2D eigenvalue weighted by atomic mass is 35.5. The fourth-order valence-corrected chi connectivity index (χ4v) is 6.55. The van der Waals surface area contributed by atoms with Gasteiger partial charge >= 0.3 is 18.0 Å². The number of fused-ring (bicyclic) bond motifs is 3. The molecule has 14 heteroatoms. The minimum atomic E-state index is -1.36. The van der Waals surface area contributed by atoms with E-state index >= 15 is 0 Å². The Kier molecular flexibility index (Phi) is 10.3. The van der Waals surface area contributed by atoms with Gasteiger partial charge in [0.15, 0.2) is 0 Å². The van der Waals surface area contributed by atoms with E-state index in [4.69, 9.17) is 37.8 Å². The van der Waals surface area contributed by atoms with E-state index in [9.17, 15) is 24.3 Å². The largest absolute Gasteiger partial charge is 0.490 e. The fraction of sp³-hybridized carbons (Fsp3) is 0.306. The van der Waals surface area contributed by atoms with Gasteiger partial charge < -0.3 is 25.0 Å². The second-order valence-electron chi connectivity index (χ2n) is 12.3. The molecule has 2 heterocycles. The molecule has 0 saturated heterocycles. The van der Waals surface area contributed by atoms with E-state index in [0.717, 1.165) is 34.4 Å². The van der Waals surface area contributed by atoms with Gasteiger partial charge in [0.1, 0.15) is 25.0 Å². The Balaban J connectivity index is 1.14. The predicted molar refractivity (Wildman–Crippen MR) is 185 cm³/mol. The van der Waals surface area contributed by atoms with E-state index in [1.165, 1.54) is 6.07 Å². The van der Waals surface area contributed by atoms with E-state index in [2.05, 4.69) is 10.4 Å². The monoisotopic (exact) mass is 720 g/mol. The van der Waals surface area contributed by atoms with Crippen LogP contribution in [0.3, 0.4) is 0 Å². The fourth-order valence-electron chi connectivity index (χ4n) is 6.21. The van der Waals surface area contributed by atoms with Crippen molar-refractivity contribution in [3.8, 4) is 16.9 Å². The van der Waals surface area contributed by atoms with Gasteiger partial charge in [0.2, 0.25) is 0 Å². The van der Waals surface area contributed by atoms with Gasteiger partial charge in [-0.1, -0.05) is 41.4 Å². The number of aromatic nitrogens is 2. The van der Waals surface area contributed by atoms with Crippen molar-refractivity contribution in [2.75, 3.05) is 24.7 Å². The molecular weight excluding hydrogens is 687 g/mol. The number of hydrogen-bond donors (Lipinski definition) is 3. The highest BCUT2D eigenvalue weighted by Crippen LogP contribution is 2.57. The highest BCUT2D eigenvalue weighted by molar-refractivity contribution is 6.31. The normalized spacial score (nSPS) is 16.5. The Morgan fingerprint density at radius 1 is 1.04 bits per heavy atom. The van der Waals surface area contributed by atoms with Crippen molar-refractivity contribution in [3.05, 3.63) is 99.3 Å². The third-order valence-corrected chi connectivity index (χ3v) is 9.70. The number of benzene rings is 3. The Bertz CT molecular complexity index is 1960. The van der Waals surface area contributed by atoms with Crippen LogP contribution in [0.5, 0.6) is 5.75 Å². The van der Waals surface area contributed by atoms with Gasteiger partial charge in [-0.2, -0.15) is 5.10 Å². The second-order valence-corrected chi connectivity index (χ2v) is 13.1. The number of ether oxygens (including phenoxy) is 2. The van der Waals surface area contributed by atoms with Crippen molar-refractivity contribution in [3.63, 3.8) is 0 Å². The number of halogens is 2. The molecule has 1 aromatic heterocycles. The first-order chi connectivity index (χ1) is 24.0. The van der Waals surface area contributed by atoms with Gasteiger partial charge in [-0.15, -0.1) is 0 Å². The lowest BCUT2D eigenvalue weighted by Crippen LogP contribution is -2.41. The SMILES string of the molecule is Cc1c(Cl)cccc1OCCOC(=O)N1C[C@@H]2C[C@@H]2c2c(-c3cnn(Cc4cc(C(=O)N[C@H](CCC(=O)O)C(=O)O)ccc4Cl)c3)cccc21. The lowest BCUT2D eigenvalue weighted by atomic mass is 9.93. The molecule has 0 unspecified atom stereocenters. The maximum absolute atomic E-state index is 13.3. The number of amides is 2. The van der Waals surface area contributed by atoms with Gasteiger partial charge in [-0.25, -0.2) is 9.59 Å². The number of carbonyl (C=O) groups excluding carboxylic acids is 2. The Morgan fingerprint density at radius 3 is 2.62 bits per heavy atom. The molecule has 1 saturated carbocycles. The molecule has 0 radical (unpaired) electrons. The first-order valence-corrected chi connectivity index (χ1v) is 16.8. The summed E-state index contributed by atoms with van der Waals surface area (Å²) >= 11 is 12.6. The zero-order valence-electron chi connectivity index (χ0n) is 27.0. The summed E-state index contributed by atoms with van der Waals surface area (Å²) in [6.07, 6.45) is 3.47. The maximum Gasteiger partial charge on any atom is 0.414 e. The lowest BCUT2D eigenvalue weighted by molar-refractivity contribution is -0.140. The van der Waals surface area contributed by atoms with Gasteiger partial charge in [-0.3, -0.25) is 19.2 Å². The first-order valence-electron chi connectivity index (χ1n) is 16.0. The Labute approximate surface area is 297 Å². The summed E-state index contributed by atoms with van der Waals surface area (Å²) in [5, 5.41) is 26.2. The number of hydrogen-bond acceptors (Lipinski definition) is 7. The van der Waals surface area contributed by atoms with E-state index in [1.54, 1.807) is 40.0 Å². The number of rotatable bonds is 13. The number of carboxylic acids is 2. The standard InChI is InChI=1S/C36H34Cl2N4O8/c1-20-27(37)5-3-7-31(20)49-12-13-50-36(48)42-19-22-15-26(22)33-25(4-2-6-30(33)42)24-16-39-41(18-24)17-23-14-21(8-9-28(23)38)34(45)40-29(35(46)47)10-11-32(43)44/h2-9,14,16,18,22,26,29H,10-13,15,17,19H2,1H3,(H,40,45)(H,43,44)(H,46,47)/t22-,26-,29+/m0/s1. The van der Waals surface area contributed by atoms with Crippen LogP contribution in [0, 0.1) is 12.8 Å². The Hall–Kier alpha value is -5.07. The quantitative estimate of drug-likeness (QED) is 0.133. The van der Waals surface area contributed by atoms with Crippen molar-refractivity contribution >= 4 is 52.8 Å². The first kappa shape index (κ1) is 34.8. The number of carbonyl (C=O) groups is 4. The summed E-state index contributed by atoms with van der Waals surface area (Å²) in [7, 11) is 0. The average molecular weight is 722 g/mol. The summed E-state index contributed by atoms with van der Waals surface area (Å²) in [5.41, 5.74) is 5.25. The van der Waals surface area contributed by atoms with Crippen molar-refractivity contribution in [2.45, 2.75) is 44.7 Å². The lowest BCUT2D eigenvalue weighted by Gasteiger charge is -2.29. The number of anilines is 1. The molecule has 3 aromatic carbocycles. The molecule has 4 aromatic rings. The number of carboxylic acid groups (broad SMARTS) is 2. The van der Waals surface area contributed by atoms with Crippen LogP contribution in [0.4, 0.5) is 10.5 Å². The van der Waals surface area contributed by atoms with Crippen LogP contribution in [-0.4, -0.2) is 69.7 Å². The van der Waals surface area contributed by atoms with E-state index in [1.807, 2.05) is 37.4 Å². The predicted octanol–water partition coefficient (Wildman–Crippen LogP) is 6.40. The van der Waals surface area contributed by atoms with Crippen molar-refractivity contribution in [1.82, 2.24) is 15.1 Å². The third kappa shape index (κ3) is 7.71. The summed E-state index contributed by atoms with van der Waals surface area (Å²) in [4.78, 5) is 50.3. The zero-order valence-corrected chi connectivity index (χ0v) is 28.5. The van der Waals surface area contributed by atoms with Crippen LogP contribution in [0.15, 0.2) is 67.0 Å². The van der Waals surface area contributed by atoms with Gasteiger partial charge in [-0.05, 0) is 84.7 Å². The molecule has 0 bridgehead atoms. The third-order valence-electron chi connectivity index (χ3n) is 8.92. The number of nitrogens with zero attached hydrogens (tertiary/aromatic N) is 3. The topological polar surface area (TPSA) is 160 Å². The van der Waals surface area contributed by atoms with Gasteiger partial charge in [0.05, 0.1) is 18.4 Å². The molecular formula is C36H34Cl2N4O8. The van der Waals surface area contributed by atoms with Crippen molar-refractivity contribution < 1.29 is 38.9 Å². The molecule has 1 fully saturated rings. The van der Waals surface area contributed by atoms with Crippen LogP contribution in [0.1, 0.15) is 52.2 Å². The zero-order chi connectivity index (χ0) is 35.5. The molecule has 12 nitrogen and oxygen atoms in total. The minimum absolute atomic E-state index is 0.0768. The minimum Gasteiger partial charge on any atom is -0.490 e. The summed E-state index contributed by atoms with van der Waals surface area (Å²) in [6, 6.07) is 14.5. The van der Waals surface area contributed by atoms with Crippen LogP contribution >= 0.6 is 23.2 Å². The highest BCUT2D eigenvalue weighted by Gasteiger charge is 2.48. The van der Waals surface area contributed by atoms with Crippen molar-refractivity contribution in [2.24, 2.45) is 5.92 Å². The average Bonchev–Trinajstić information content (AvgIpc) is 3.74. The summed E-state index contributed by atoms with van der Waals surface area (Å²) in [5.74, 6) is -1.86. The van der Waals surface area contributed by atoms with Crippen LogP contribution in [0.25, 0.3) is 11.1 Å². The Morgan fingerprint density at radius 2 is 1.84 bits per heavy atom. The van der Waals surface area contributed by atoms with Crippen LogP contribution in [-0.2, 0) is 20.9 Å². The summed E-state index contributed by atoms with van der Waals surface area (Å²) < 4.78 is 13.1. The smallest absolute Gasteiger partial charge is 0.414 e. The molecule has 260 valence electrons. The van der Waals surface area contributed by atoms with Gasteiger partial charge in [0.25, 0.3) is 5.91 Å². The summed E-state index contributed by atoms with van der Waals surface area (Å²) in [6.45, 7) is 2.92. The molecule has 0 spiro atoms. The van der Waals surface area contributed by atoms with Crippen LogP contribution in [0.2, 0.25) is 10.0 Å². The van der Waals surface area contributed by atoms with E-state index < -0.39 is 36.4 Å². The van der Waals surface area contributed by atoms with Crippen LogP contribution < -0.4 is 15.0 Å².